The molecular formula is C22H27N3O3. The number of rotatable bonds is 6. The molecule has 3 rings (SSSR count). The topological polar surface area (TPSA) is 73.7 Å². The number of carboxylic acids is 1. The van der Waals surface area contributed by atoms with Gasteiger partial charge < -0.3 is 14.9 Å². The maximum atomic E-state index is 13.0. The number of hydrogen-bond acceptors (Lipinski definition) is 4. The van der Waals surface area contributed by atoms with E-state index < -0.39 is 5.97 Å². The van der Waals surface area contributed by atoms with Gasteiger partial charge in [-0.05, 0) is 48.9 Å². The first kappa shape index (κ1) is 19.9. The van der Waals surface area contributed by atoms with Crippen LogP contribution in [0.3, 0.4) is 0 Å². The number of likely N-dealkylation sites (tertiary alicyclic amines) is 1. The molecule has 6 nitrogen and oxygen atoms in total. The molecule has 0 radical (unpaired) electrons. The van der Waals surface area contributed by atoms with E-state index in [4.69, 9.17) is 5.11 Å². The van der Waals surface area contributed by atoms with E-state index in [1.807, 2.05) is 54.2 Å². The lowest BCUT2D eigenvalue weighted by molar-refractivity contribution is -0.137. The summed E-state index contributed by atoms with van der Waals surface area (Å²) in [5.41, 5.74) is 3.62. The van der Waals surface area contributed by atoms with Crippen LogP contribution in [0.5, 0.6) is 0 Å². The van der Waals surface area contributed by atoms with Crippen LogP contribution in [0.25, 0.3) is 11.1 Å². The first-order chi connectivity index (χ1) is 13.4. The second-order valence-electron chi connectivity index (χ2n) is 7.60. The van der Waals surface area contributed by atoms with Crippen LogP contribution in [0.15, 0.2) is 42.7 Å². The normalized spacial score (nSPS) is 16.6. The summed E-state index contributed by atoms with van der Waals surface area (Å²) in [7, 11) is 4.00. The number of aromatic nitrogens is 1. The number of aliphatic carboxylic acids is 1. The molecule has 6 heteroatoms. The van der Waals surface area contributed by atoms with Gasteiger partial charge in [0, 0.05) is 57.3 Å². The summed E-state index contributed by atoms with van der Waals surface area (Å²) in [4.78, 5) is 31.9. The van der Waals surface area contributed by atoms with Crippen LogP contribution in [0.1, 0.15) is 36.0 Å². The minimum absolute atomic E-state index is 0.0284. The standard InChI is InChI=1S/C22H27N3O3/c1-24(2)20-8-6-17(7-9-20)18-12-19(14-23-13-18)22(28)25-11-3-4-16(15-25)5-10-21(26)27/h6-9,12-14,16H,3-5,10-11,15H2,1-2H3,(H,26,27). The number of carboxylic acid groups (broad SMARTS) is 1. The quantitative estimate of drug-likeness (QED) is 0.829. The predicted octanol–water partition coefficient (Wildman–Crippen LogP) is 3.53. The van der Waals surface area contributed by atoms with Crippen LogP contribution >= 0.6 is 0 Å². The SMILES string of the molecule is CN(C)c1ccc(-c2cncc(C(=O)N3CCCC(CCC(=O)O)C3)c2)cc1. The fourth-order valence-electron chi connectivity index (χ4n) is 3.66. The minimum Gasteiger partial charge on any atom is -0.481 e. The number of anilines is 1. The maximum absolute atomic E-state index is 13.0. The monoisotopic (exact) mass is 381 g/mol. The molecule has 1 aromatic carbocycles. The Morgan fingerprint density at radius 3 is 2.61 bits per heavy atom. The maximum Gasteiger partial charge on any atom is 0.303 e. The highest BCUT2D eigenvalue weighted by Crippen LogP contribution is 2.25. The summed E-state index contributed by atoms with van der Waals surface area (Å²) in [6.45, 7) is 1.33. The lowest BCUT2D eigenvalue weighted by Crippen LogP contribution is -2.40. The lowest BCUT2D eigenvalue weighted by Gasteiger charge is -2.32. The highest BCUT2D eigenvalue weighted by atomic mass is 16.4. The Morgan fingerprint density at radius 2 is 1.93 bits per heavy atom. The molecule has 1 unspecified atom stereocenters. The number of amides is 1. The van der Waals surface area contributed by atoms with Gasteiger partial charge in [-0.25, -0.2) is 0 Å². The fraction of sp³-hybridized carbons (Fsp3) is 0.409. The first-order valence-corrected chi connectivity index (χ1v) is 9.68. The zero-order valence-corrected chi connectivity index (χ0v) is 16.5. The Hall–Kier alpha value is -2.89. The second kappa shape index (κ2) is 8.87. The Labute approximate surface area is 165 Å². The number of carbonyl (C=O) groups excluding carboxylic acids is 1. The zero-order valence-electron chi connectivity index (χ0n) is 16.5. The molecule has 2 heterocycles. The fourth-order valence-corrected chi connectivity index (χ4v) is 3.66. The molecule has 2 aromatic rings. The van der Waals surface area contributed by atoms with Crippen LogP contribution < -0.4 is 4.90 Å². The van der Waals surface area contributed by atoms with Crippen molar-refractivity contribution in [1.29, 1.82) is 0 Å². The largest absolute Gasteiger partial charge is 0.481 e. The van der Waals surface area contributed by atoms with Gasteiger partial charge in [-0.15, -0.1) is 0 Å². The molecule has 148 valence electrons. The number of benzene rings is 1. The van der Waals surface area contributed by atoms with E-state index in [0.29, 0.717) is 25.1 Å². The van der Waals surface area contributed by atoms with Crippen molar-refractivity contribution in [2.75, 3.05) is 32.1 Å². The second-order valence-corrected chi connectivity index (χ2v) is 7.60. The Morgan fingerprint density at radius 1 is 1.18 bits per heavy atom. The molecule has 1 saturated heterocycles. The van der Waals surface area contributed by atoms with Gasteiger partial charge in [0.25, 0.3) is 5.91 Å². The van der Waals surface area contributed by atoms with Crippen LogP contribution in [0.2, 0.25) is 0 Å². The summed E-state index contributed by atoms with van der Waals surface area (Å²) in [5.74, 6) is -0.552. The summed E-state index contributed by atoms with van der Waals surface area (Å²) in [5, 5.41) is 8.89. The molecular weight excluding hydrogens is 354 g/mol. The first-order valence-electron chi connectivity index (χ1n) is 9.68. The van der Waals surface area contributed by atoms with Crippen molar-refractivity contribution in [2.24, 2.45) is 5.92 Å². The van der Waals surface area contributed by atoms with Gasteiger partial charge in [0.05, 0.1) is 5.56 Å². The number of carbonyl (C=O) groups is 2. The number of hydrogen-bond donors (Lipinski definition) is 1. The number of nitrogens with zero attached hydrogens (tertiary/aromatic N) is 3. The zero-order chi connectivity index (χ0) is 20.1. The van der Waals surface area contributed by atoms with Crippen molar-refractivity contribution in [1.82, 2.24) is 9.88 Å². The minimum atomic E-state index is -0.777. The molecule has 0 spiro atoms. The summed E-state index contributed by atoms with van der Waals surface area (Å²) < 4.78 is 0. The van der Waals surface area contributed by atoms with E-state index in [2.05, 4.69) is 4.98 Å². The van der Waals surface area contributed by atoms with E-state index in [-0.39, 0.29) is 18.2 Å². The molecule has 0 aliphatic carbocycles. The van der Waals surface area contributed by atoms with E-state index in [1.54, 1.807) is 12.4 Å². The molecule has 28 heavy (non-hydrogen) atoms. The predicted molar refractivity (Wildman–Crippen MR) is 109 cm³/mol. The molecule has 1 atom stereocenters. The third-order valence-corrected chi connectivity index (χ3v) is 5.27. The van der Waals surface area contributed by atoms with Crippen LogP contribution in [0, 0.1) is 5.92 Å². The average molecular weight is 381 g/mol. The number of pyridine rings is 1. The highest BCUT2D eigenvalue weighted by molar-refractivity contribution is 5.95. The molecule has 0 bridgehead atoms. The van der Waals surface area contributed by atoms with Crippen LogP contribution in [0.4, 0.5) is 5.69 Å². The molecule has 0 saturated carbocycles. The molecule has 1 amide bonds. The van der Waals surface area contributed by atoms with Gasteiger partial charge >= 0.3 is 5.97 Å². The Kier molecular flexibility index (Phi) is 6.29. The van der Waals surface area contributed by atoms with Gasteiger partial charge in [0.2, 0.25) is 0 Å². The van der Waals surface area contributed by atoms with Gasteiger partial charge in [-0.2, -0.15) is 0 Å². The highest BCUT2D eigenvalue weighted by Gasteiger charge is 2.25. The van der Waals surface area contributed by atoms with E-state index in [0.717, 1.165) is 29.7 Å². The van der Waals surface area contributed by atoms with Gasteiger partial charge in [0.15, 0.2) is 0 Å². The lowest BCUT2D eigenvalue weighted by atomic mass is 9.93. The van der Waals surface area contributed by atoms with Gasteiger partial charge in [0.1, 0.15) is 0 Å². The van der Waals surface area contributed by atoms with E-state index >= 15 is 0 Å². The van der Waals surface area contributed by atoms with Gasteiger partial charge in [-0.3, -0.25) is 14.6 Å². The van der Waals surface area contributed by atoms with Crippen molar-refractivity contribution in [3.8, 4) is 11.1 Å². The molecule has 1 N–H and O–H groups in total. The average Bonchev–Trinajstić information content (AvgIpc) is 2.72. The van der Waals surface area contributed by atoms with Crippen LogP contribution in [-0.2, 0) is 4.79 Å². The Balaban J connectivity index is 1.72. The van der Waals surface area contributed by atoms with E-state index in [1.165, 1.54) is 0 Å². The third kappa shape index (κ3) is 4.88. The summed E-state index contributed by atoms with van der Waals surface area (Å²) >= 11 is 0. The molecule has 1 aliphatic heterocycles. The smallest absolute Gasteiger partial charge is 0.303 e. The molecule has 1 aliphatic rings. The van der Waals surface area contributed by atoms with Crippen molar-refractivity contribution in [3.63, 3.8) is 0 Å². The number of piperidine rings is 1. The molecule has 1 fully saturated rings. The Bertz CT molecular complexity index is 833. The van der Waals surface area contributed by atoms with Crippen molar-refractivity contribution in [2.45, 2.75) is 25.7 Å². The van der Waals surface area contributed by atoms with E-state index in [9.17, 15) is 9.59 Å². The van der Waals surface area contributed by atoms with Crippen molar-refractivity contribution >= 4 is 17.6 Å². The summed E-state index contributed by atoms with van der Waals surface area (Å²) in [6, 6.07) is 10.0. The third-order valence-electron chi connectivity index (χ3n) is 5.27. The van der Waals surface area contributed by atoms with Crippen molar-refractivity contribution in [3.05, 3.63) is 48.3 Å². The van der Waals surface area contributed by atoms with Gasteiger partial charge in [-0.1, -0.05) is 12.1 Å². The van der Waals surface area contributed by atoms with Crippen molar-refractivity contribution < 1.29 is 14.7 Å². The summed E-state index contributed by atoms with van der Waals surface area (Å²) in [6.07, 6.45) is 6.05. The molecule has 1 aromatic heterocycles. The van der Waals surface area contributed by atoms with Crippen LogP contribution in [-0.4, -0.2) is 54.1 Å².